The lowest BCUT2D eigenvalue weighted by atomic mass is 9.77. The van der Waals surface area contributed by atoms with E-state index in [-0.39, 0.29) is 5.97 Å². The molecule has 4 nitrogen and oxygen atoms in total. The summed E-state index contributed by atoms with van der Waals surface area (Å²) >= 11 is 0. The van der Waals surface area contributed by atoms with Gasteiger partial charge >= 0.3 is 5.97 Å². The van der Waals surface area contributed by atoms with Crippen LogP contribution in [0.4, 0.5) is 11.4 Å². The number of rotatable bonds is 2. The second-order valence-corrected chi connectivity index (χ2v) is 11.2. The summed E-state index contributed by atoms with van der Waals surface area (Å²) in [6.45, 7) is 0.884. The lowest BCUT2D eigenvalue weighted by Crippen LogP contribution is -2.33. The number of hydrogen-bond acceptors (Lipinski definition) is 4. The summed E-state index contributed by atoms with van der Waals surface area (Å²) in [4.78, 5) is 15.6. The fourth-order valence-corrected chi connectivity index (χ4v) is 7.04. The molecule has 0 saturated heterocycles. The van der Waals surface area contributed by atoms with Gasteiger partial charge in [-0.3, -0.25) is 0 Å². The van der Waals surface area contributed by atoms with Gasteiger partial charge in [0.2, 0.25) is 0 Å². The Morgan fingerprint density at radius 3 is 2.40 bits per heavy atom. The largest absolute Gasteiger partial charge is 0.456 e. The van der Waals surface area contributed by atoms with Crippen molar-refractivity contribution in [1.82, 2.24) is 0 Å². The molecule has 3 aliphatic rings. The Balaban J connectivity index is 1.21. The van der Waals surface area contributed by atoms with Crippen molar-refractivity contribution >= 4 is 28.1 Å². The monoisotopic (exact) mass is 543 g/mol. The van der Waals surface area contributed by atoms with Crippen molar-refractivity contribution in [3.8, 4) is 22.6 Å². The van der Waals surface area contributed by atoms with Crippen LogP contribution in [-0.2, 0) is 16.8 Å². The van der Waals surface area contributed by atoms with Gasteiger partial charge in [0.05, 0.1) is 5.56 Å². The third-order valence-electron chi connectivity index (χ3n) is 8.98. The minimum absolute atomic E-state index is 0.315. The first kappa shape index (κ1) is 23.4. The molecule has 9 rings (SSSR count). The molecule has 6 aromatic rings. The van der Waals surface area contributed by atoms with Crippen LogP contribution in [0.15, 0.2) is 127 Å². The molecule has 1 atom stereocenters. The van der Waals surface area contributed by atoms with Gasteiger partial charge in [0.1, 0.15) is 11.5 Å². The van der Waals surface area contributed by atoms with Gasteiger partial charge in [0.15, 0.2) is 5.60 Å². The fraction of sp³-hybridized carbons (Fsp3) is 0.0789. The third-order valence-corrected chi connectivity index (χ3v) is 8.98. The summed E-state index contributed by atoms with van der Waals surface area (Å²) in [7, 11) is 0. The van der Waals surface area contributed by atoms with Crippen LogP contribution in [0, 0.1) is 0 Å². The predicted octanol–water partition coefficient (Wildman–Crippen LogP) is 8.77. The van der Waals surface area contributed by atoms with Gasteiger partial charge < -0.3 is 14.4 Å². The molecular formula is C38H25NO3. The summed E-state index contributed by atoms with van der Waals surface area (Å²) in [5.74, 6) is 1.12. The van der Waals surface area contributed by atoms with Crippen molar-refractivity contribution in [1.29, 1.82) is 0 Å². The lowest BCUT2D eigenvalue weighted by Gasteiger charge is -2.37. The highest BCUT2D eigenvalue weighted by molar-refractivity contribution is 5.99. The van der Waals surface area contributed by atoms with Crippen LogP contribution in [0.2, 0.25) is 0 Å². The molecule has 6 aromatic carbocycles. The zero-order valence-electron chi connectivity index (χ0n) is 22.7. The van der Waals surface area contributed by atoms with Crippen molar-refractivity contribution in [2.45, 2.75) is 12.0 Å². The van der Waals surface area contributed by atoms with E-state index in [1.165, 1.54) is 22.4 Å². The minimum Gasteiger partial charge on any atom is -0.456 e. The highest BCUT2D eigenvalue weighted by Crippen LogP contribution is 2.58. The highest BCUT2D eigenvalue weighted by atomic mass is 16.6. The average Bonchev–Trinajstić information content (AvgIpc) is 3.60. The third kappa shape index (κ3) is 3.15. The molecule has 0 aliphatic carbocycles. The van der Waals surface area contributed by atoms with E-state index in [9.17, 15) is 4.79 Å². The molecule has 1 unspecified atom stereocenters. The Bertz CT molecular complexity index is 2080. The number of esters is 1. The molecule has 0 N–H and O–H groups in total. The molecule has 4 heteroatoms. The number of nitrogens with zero attached hydrogens (tertiary/aromatic N) is 1. The Morgan fingerprint density at radius 2 is 1.48 bits per heavy atom. The molecule has 3 aliphatic heterocycles. The Labute approximate surface area is 243 Å². The van der Waals surface area contributed by atoms with Gasteiger partial charge in [0.25, 0.3) is 0 Å². The number of anilines is 2. The maximum absolute atomic E-state index is 13.3. The first-order valence-electron chi connectivity index (χ1n) is 14.3. The van der Waals surface area contributed by atoms with Gasteiger partial charge in [-0.25, -0.2) is 4.79 Å². The lowest BCUT2D eigenvalue weighted by molar-refractivity contribution is 0.0225. The van der Waals surface area contributed by atoms with E-state index in [4.69, 9.17) is 9.47 Å². The molecule has 0 saturated carbocycles. The first-order valence-corrected chi connectivity index (χ1v) is 14.3. The zero-order valence-corrected chi connectivity index (χ0v) is 22.7. The van der Waals surface area contributed by atoms with E-state index in [2.05, 4.69) is 83.8 Å². The van der Waals surface area contributed by atoms with Gasteiger partial charge in [0, 0.05) is 46.1 Å². The SMILES string of the molecule is O=C1OC2(c3ccc(N4CCc5cc(-c6ccccc6)ccc54)cc3Oc3c2ccc2ccccc32)c2ccccc21. The van der Waals surface area contributed by atoms with E-state index in [0.29, 0.717) is 11.3 Å². The summed E-state index contributed by atoms with van der Waals surface area (Å²) < 4.78 is 13.2. The molecule has 0 aromatic heterocycles. The van der Waals surface area contributed by atoms with E-state index in [0.717, 1.165) is 51.9 Å². The van der Waals surface area contributed by atoms with Crippen molar-refractivity contribution < 1.29 is 14.3 Å². The van der Waals surface area contributed by atoms with Crippen LogP contribution >= 0.6 is 0 Å². The molecule has 0 bridgehead atoms. The summed E-state index contributed by atoms with van der Waals surface area (Å²) in [5.41, 5.74) is 8.11. The van der Waals surface area contributed by atoms with Crippen LogP contribution < -0.4 is 9.64 Å². The number of carbonyl (C=O) groups excluding carboxylic acids is 1. The normalized spacial score (nSPS) is 17.8. The van der Waals surface area contributed by atoms with Gasteiger partial charge in [-0.1, -0.05) is 84.9 Å². The molecule has 42 heavy (non-hydrogen) atoms. The van der Waals surface area contributed by atoms with Crippen LogP contribution in [0.3, 0.4) is 0 Å². The predicted molar refractivity (Wildman–Crippen MR) is 165 cm³/mol. The van der Waals surface area contributed by atoms with Gasteiger partial charge in [-0.05, 0) is 64.9 Å². The van der Waals surface area contributed by atoms with E-state index in [1.807, 2.05) is 48.5 Å². The van der Waals surface area contributed by atoms with Crippen molar-refractivity contribution in [3.05, 3.63) is 155 Å². The Kier molecular flexibility index (Phi) is 4.77. The Hall–Kier alpha value is -5.35. The molecule has 200 valence electrons. The second-order valence-electron chi connectivity index (χ2n) is 11.2. The number of carbonyl (C=O) groups is 1. The van der Waals surface area contributed by atoms with E-state index < -0.39 is 5.60 Å². The number of benzene rings is 6. The van der Waals surface area contributed by atoms with Crippen molar-refractivity contribution in [3.63, 3.8) is 0 Å². The molecule has 0 radical (unpaired) electrons. The van der Waals surface area contributed by atoms with Crippen molar-refractivity contribution in [2.75, 3.05) is 11.4 Å². The van der Waals surface area contributed by atoms with E-state index in [1.54, 1.807) is 0 Å². The number of ether oxygens (including phenoxy) is 2. The molecule has 0 amide bonds. The van der Waals surface area contributed by atoms with Gasteiger partial charge in [-0.2, -0.15) is 0 Å². The fourth-order valence-electron chi connectivity index (χ4n) is 7.04. The highest BCUT2D eigenvalue weighted by Gasteiger charge is 2.53. The molecule has 0 fully saturated rings. The Morgan fingerprint density at radius 1 is 0.667 bits per heavy atom. The summed E-state index contributed by atoms with van der Waals surface area (Å²) in [5, 5.41) is 2.07. The van der Waals surface area contributed by atoms with Crippen molar-refractivity contribution in [2.24, 2.45) is 0 Å². The van der Waals surface area contributed by atoms with Crippen LogP contribution in [-0.4, -0.2) is 12.5 Å². The molecule has 1 spiro atoms. The molecule has 3 heterocycles. The van der Waals surface area contributed by atoms with Crippen LogP contribution in [0.5, 0.6) is 11.5 Å². The summed E-state index contributed by atoms with van der Waals surface area (Å²) in [6, 6.07) is 43.6. The van der Waals surface area contributed by atoms with E-state index >= 15 is 0 Å². The topological polar surface area (TPSA) is 38.8 Å². The first-order chi connectivity index (χ1) is 20.7. The maximum atomic E-state index is 13.3. The average molecular weight is 544 g/mol. The number of hydrogen-bond donors (Lipinski definition) is 0. The van der Waals surface area contributed by atoms with Crippen LogP contribution in [0.25, 0.3) is 21.9 Å². The van der Waals surface area contributed by atoms with Crippen LogP contribution in [0.1, 0.15) is 32.6 Å². The smallest absolute Gasteiger partial charge is 0.340 e. The summed E-state index contributed by atoms with van der Waals surface area (Å²) in [6.07, 6.45) is 0.969. The number of fused-ring (bicyclic) bond motifs is 9. The second kappa shape index (κ2) is 8.58. The standard InChI is InChI=1S/C38H25NO3/c40-37-30-12-6-7-13-31(30)38(42-37)32-18-16-28(23-35(32)41-36-29-11-5-4-10-25(29)14-17-33(36)38)39-21-20-27-22-26(15-19-34(27)39)24-8-2-1-3-9-24/h1-19,22-23H,20-21H2. The minimum atomic E-state index is -1.08. The van der Waals surface area contributed by atoms with Gasteiger partial charge in [-0.15, -0.1) is 0 Å². The molecular weight excluding hydrogens is 518 g/mol. The quantitative estimate of drug-likeness (QED) is 0.205. The maximum Gasteiger partial charge on any atom is 0.340 e. The zero-order chi connectivity index (χ0) is 27.8.